The standard InChI is InChI=1S/C26H29N3O6/c1-3-28-19-8-5-4-7-18(19)26(25(28)33)21(22(30)20-10-9-17(2)35-20)23(31)24(32)29(26)12-6-11-27-13-15-34-16-14-27/h4-5,7-10,31H,3,6,11-16H2,1-2H3/t26-/m1/s1. The number of hydrogen-bond acceptors (Lipinski definition) is 7. The quantitative estimate of drug-likeness (QED) is 0.608. The number of carbonyl (C=O) groups excluding carboxylic acids is 3. The summed E-state index contributed by atoms with van der Waals surface area (Å²) in [5.74, 6) is -2.01. The van der Waals surface area contributed by atoms with E-state index in [2.05, 4.69) is 4.90 Å². The fourth-order valence-electron chi connectivity index (χ4n) is 5.44. The summed E-state index contributed by atoms with van der Waals surface area (Å²) in [6.45, 7) is 7.73. The summed E-state index contributed by atoms with van der Waals surface area (Å²) in [6, 6.07) is 10.3. The maximum absolute atomic E-state index is 14.1. The largest absolute Gasteiger partial charge is 0.503 e. The number of aliphatic hydroxyl groups is 1. The number of hydrogen-bond donors (Lipinski definition) is 1. The minimum atomic E-state index is -1.74. The Morgan fingerprint density at radius 1 is 1.09 bits per heavy atom. The Labute approximate surface area is 203 Å². The predicted molar refractivity (Wildman–Crippen MR) is 127 cm³/mol. The van der Waals surface area contributed by atoms with E-state index in [-0.39, 0.29) is 17.9 Å². The number of ether oxygens (including phenoxy) is 1. The summed E-state index contributed by atoms with van der Waals surface area (Å²) in [6.07, 6.45) is 0.573. The van der Waals surface area contributed by atoms with Crippen LogP contribution in [0.25, 0.3) is 0 Å². The van der Waals surface area contributed by atoms with Crippen molar-refractivity contribution in [1.82, 2.24) is 9.80 Å². The van der Waals surface area contributed by atoms with Crippen molar-refractivity contribution in [2.24, 2.45) is 0 Å². The highest BCUT2D eigenvalue weighted by atomic mass is 16.5. The van der Waals surface area contributed by atoms with Crippen molar-refractivity contribution in [2.75, 3.05) is 50.8 Å². The molecule has 0 aliphatic carbocycles. The molecule has 2 amide bonds. The average Bonchev–Trinajstić information content (AvgIpc) is 3.48. The van der Waals surface area contributed by atoms with Gasteiger partial charge in [-0.1, -0.05) is 18.2 Å². The van der Waals surface area contributed by atoms with Gasteiger partial charge >= 0.3 is 0 Å². The number of likely N-dealkylation sites (N-methyl/N-ethyl adjacent to an activating group) is 1. The van der Waals surface area contributed by atoms with E-state index in [1.54, 1.807) is 36.1 Å². The van der Waals surface area contributed by atoms with Gasteiger partial charge in [-0.25, -0.2) is 0 Å². The number of ketones is 1. The Hall–Kier alpha value is -3.43. The van der Waals surface area contributed by atoms with Crippen molar-refractivity contribution in [3.05, 3.63) is 64.8 Å². The molecule has 1 fully saturated rings. The molecule has 0 unspecified atom stereocenters. The van der Waals surface area contributed by atoms with Crippen molar-refractivity contribution in [3.63, 3.8) is 0 Å². The van der Waals surface area contributed by atoms with Crippen LogP contribution in [0.15, 0.2) is 52.1 Å². The van der Waals surface area contributed by atoms with Crippen LogP contribution in [0.3, 0.4) is 0 Å². The second-order valence-corrected chi connectivity index (χ2v) is 9.00. The third kappa shape index (κ3) is 3.49. The van der Waals surface area contributed by atoms with Crippen LogP contribution >= 0.6 is 0 Å². The molecule has 184 valence electrons. The van der Waals surface area contributed by atoms with Crippen molar-refractivity contribution >= 4 is 23.3 Å². The molecule has 1 spiro atoms. The summed E-state index contributed by atoms with van der Waals surface area (Å²) in [5.41, 5.74) is -0.836. The molecule has 0 saturated carbocycles. The van der Waals surface area contributed by atoms with Gasteiger partial charge in [0.1, 0.15) is 5.76 Å². The van der Waals surface area contributed by atoms with E-state index in [1.165, 1.54) is 11.0 Å². The van der Waals surface area contributed by atoms with Crippen molar-refractivity contribution < 1.29 is 28.6 Å². The third-order valence-electron chi connectivity index (χ3n) is 7.06. The van der Waals surface area contributed by atoms with Gasteiger partial charge in [-0.2, -0.15) is 0 Å². The maximum Gasteiger partial charge on any atom is 0.290 e. The van der Waals surface area contributed by atoms with Gasteiger partial charge in [0, 0.05) is 38.3 Å². The SMILES string of the molecule is CCN1C(=O)[C@]2(C(C(=O)c3ccc(C)o3)=C(O)C(=O)N2CCCN2CCOCC2)c2ccccc21. The number of anilines is 1. The first-order valence-corrected chi connectivity index (χ1v) is 12.0. The number of morpholine rings is 1. The first-order chi connectivity index (χ1) is 16.9. The van der Waals surface area contributed by atoms with E-state index in [0.717, 1.165) is 13.1 Å². The van der Waals surface area contributed by atoms with Crippen LogP contribution in [0.2, 0.25) is 0 Å². The molecule has 3 aliphatic rings. The Kier molecular flexibility index (Phi) is 5.98. The molecule has 35 heavy (non-hydrogen) atoms. The van der Waals surface area contributed by atoms with Gasteiger partial charge in [0.25, 0.3) is 11.8 Å². The predicted octanol–water partition coefficient (Wildman–Crippen LogP) is 2.41. The second kappa shape index (κ2) is 8.98. The normalized spacial score (nSPS) is 22.6. The van der Waals surface area contributed by atoms with Crippen molar-refractivity contribution in [1.29, 1.82) is 0 Å². The monoisotopic (exact) mass is 479 g/mol. The van der Waals surface area contributed by atoms with Crippen molar-refractivity contribution in [3.8, 4) is 0 Å². The Morgan fingerprint density at radius 2 is 1.83 bits per heavy atom. The first-order valence-electron chi connectivity index (χ1n) is 12.0. The zero-order chi connectivity index (χ0) is 24.7. The van der Waals surface area contributed by atoms with Crippen LogP contribution in [-0.4, -0.2) is 78.4 Å². The number of carbonyl (C=O) groups is 3. The van der Waals surface area contributed by atoms with Gasteiger partial charge in [0.15, 0.2) is 17.1 Å². The van der Waals surface area contributed by atoms with Crippen LogP contribution in [-0.2, 0) is 19.9 Å². The summed E-state index contributed by atoms with van der Waals surface area (Å²) < 4.78 is 11.0. The fourth-order valence-corrected chi connectivity index (χ4v) is 5.44. The summed E-state index contributed by atoms with van der Waals surface area (Å²) >= 11 is 0. The molecule has 9 heteroatoms. The number of rotatable bonds is 7. The maximum atomic E-state index is 14.1. The highest BCUT2D eigenvalue weighted by molar-refractivity contribution is 6.25. The molecule has 3 aliphatic heterocycles. The van der Waals surface area contributed by atoms with E-state index in [9.17, 15) is 19.5 Å². The molecule has 1 aromatic carbocycles. The molecule has 1 atom stereocenters. The molecule has 5 rings (SSSR count). The molecule has 0 radical (unpaired) electrons. The van der Waals surface area contributed by atoms with Crippen LogP contribution < -0.4 is 4.90 Å². The number of para-hydroxylation sites is 1. The van der Waals surface area contributed by atoms with E-state index in [0.29, 0.717) is 49.7 Å². The van der Waals surface area contributed by atoms with Crippen LogP contribution in [0.5, 0.6) is 0 Å². The number of fused-ring (bicyclic) bond motifs is 2. The van der Waals surface area contributed by atoms with E-state index in [1.807, 2.05) is 13.0 Å². The molecule has 4 heterocycles. The number of furan rings is 1. The van der Waals surface area contributed by atoms with Gasteiger partial charge in [-0.3, -0.25) is 19.3 Å². The Morgan fingerprint density at radius 3 is 2.51 bits per heavy atom. The summed E-state index contributed by atoms with van der Waals surface area (Å²) in [5, 5.41) is 11.1. The minimum absolute atomic E-state index is 0.0216. The molecular weight excluding hydrogens is 450 g/mol. The van der Waals surface area contributed by atoms with E-state index >= 15 is 0 Å². The van der Waals surface area contributed by atoms with Crippen LogP contribution in [0, 0.1) is 6.92 Å². The molecular formula is C26H29N3O6. The molecule has 0 bridgehead atoms. The van der Waals surface area contributed by atoms with Crippen molar-refractivity contribution in [2.45, 2.75) is 25.8 Å². The van der Waals surface area contributed by atoms with Crippen LogP contribution in [0.4, 0.5) is 5.69 Å². The van der Waals surface area contributed by atoms with Gasteiger partial charge < -0.3 is 24.1 Å². The van der Waals surface area contributed by atoms with Gasteiger partial charge in [-0.15, -0.1) is 0 Å². The van der Waals surface area contributed by atoms with Gasteiger partial charge in [0.2, 0.25) is 5.78 Å². The van der Waals surface area contributed by atoms with E-state index < -0.39 is 28.9 Å². The lowest BCUT2D eigenvalue weighted by molar-refractivity contribution is -0.139. The Bertz CT molecular complexity index is 1210. The number of nitrogens with zero attached hydrogens (tertiary/aromatic N) is 3. The summed E-state index contributed by atoms with van der Waals surface area (Å²) in [4.78, 5) is 46.5. The third-order valence-corrected chi connectivity index (χ3v) is 7.06. The average molecular weight is 480 g/mol. The number of amides is 2. The van der Waals surface area contributed by atoms with Gasteiger partial charge in [-0.05, 0) is 38.5 Å². The molecule has 2 aromatic rings. The number of aliphatic hydroxyl groups excluding tert-OH is 1. The highest BCUT2D eigenvalue weighted by Crippen LogP contribution is 2.53. The number of Topliss-reactive ketones (excluding diaryl/α,β-unsaturated/α-hetero) is 1. The smallest absolute Gasteiger partial charge is 0.290 e. The Balaban J connectivity index is 1.59. The lowest BCUT2D eigenvalue weighted by Crippen LogP contribution is -2.54. The zero-order valence-electron chi connectivity index (χ0n) is 20.0. The molecule has 1 N–H and O–H groups in total. The lowest BCUT2D eigenvalue weighted by atomic mass is 9.81. The van der Waals surface area contributed by atoms with Gasteiger partial charge in [0.05, 0.1) is 24.5 Å². The fraction of sp³-hybridized carbons (Fsp3) is 0.423. The first kappa shape index (κ1) is 23.3. The summed E-state index contributed by atoms with van der Waals surface area (Å²) in [7, 11) is 0. The molecule has 9 nitrogen and oxygen atoms in total. The topological polar surface area (TPSA) is 104 Å². The lowest BCUT2D eigenvalue weighted by Gasteiger charge is -2.36. The highest BCUT2D eigenvalue weighted by Gasteiger charge is 2.65. The number of aryl methyl sites for hydroxylation is 1. The number of benzene rings is 1. The van der Waals surface area contributed by atoms with E-state index in [4.69, 9.17) is 9.15 Å². The second-order valence-electron chi connectivity index (χ2n) is 9.00. The molecule has 1 saturated heterocycles. The molecule has 1 aromatic heterocycles. The van der Waals surface area contributed by atoms with Crippen LogP contribution in [0.1, 0.15) is 35.2 Å². The zero-order valence-corrected chi connectivity index (χ0v) is 20.0. The minimum Gasteiger partial charge on any atom is -0.503 e.